The third kappa shape index (κ3) is 4.83. The Morgan fingerprint density at radius 2 is 1.95 bits per heavy atom. The Balaban J connectivity index is 1.38. The van der Waals surface area contributed by atoms with Gasteiger partial charge in [0, 0.05) is 37.7 Å². The zero-order chi connectivity index (χ0) is 28.1. The van der Waals surface area contributed by atoms with E-state index in [1.165, 1.54) is 24.1 Å². The number of piperidine rings is 1. The van der Waals surface area contributed by atoms with E-state index in [9.17, 15) is 22.4 Å². The number of ketones is 1. The molecule has 7 nitrogen and oxygen atoms in total. The van der Waals surface area contributed by atoms with Crippen molar-refractivity contribution < 1.29 is 22.4 Å². The Bertz CT molecular complexity index is 1550. The van der Waals surface area contributed by atoms with Gasteiger partial charge in [-0.05, 0) is 86.0 Å². The quantitative estimate of drug-likeness (QED) is 0.170. The molecule has 2 aliphatic rings. The fraction of sp³-hybridized carbons (Fsp3) is 0.357. The highest BCUT2D eigenvalue weighted by Crippen LogP contribution is 2.49. The fourth-order valence-corrected chi connectivity index (χ4v) is 6.92. The van der Waals surface area contributed by atoms with Crippen molar-refractivity contribution in [1.82, 2.24) is 28.9 Å². The van der Waals surface area contributed by atoms with Gasteiger partial charge < -0.3 is 0 Å². The normalized spacial score (nSPS) is 21.2. The summed E-state index contributed by atoms with van der Waals surface area (Å²) in [6.07, 6.45) is 3.38. The van der Waals surface area contributed by atoms with Crippen LogP contribution in [0.5, 0.6) is 0 Å². The molecule has 6 rings (SSSR count). The van der Waals surface area contributed by atoms with Gasteiger partial charge in [0.05, 0.1) is 34.0 Å². The number of hydrogen-bond acceptors (Lipinski definition) is 6. The lowest BCUT2D eigenvalue weighted by Gasteiger charge is -2.49. The number of nitrogens with zero attached hydrogens (tertiary/aromatic N) is 6. The Kier molecular flexibility index (Phi) is 6.78. The molecule has 4 heterocycles. The van der Waals surface area contributed by atoms with E-state index >= 15 is 0 Å². The summed E-state index contributed by atoms with van der Waals surface area (Å²) in [6.45, 7) is 3.76. The molecular formula is C28H26F4N6OS. The number of aryl methyl sites for hydroxylation is 1. The number of halogens is 4. The van der Waals surface area contributed by atoms with E-state index in [1.807, 2.05) is 17.8 Å². The lowest BCUT2D eigenvalue weighted by Crippen LogP contribution is -2.55. The molecule has 1 unspecified atom stereocenters. The Hall–Kier alpha value is -3.51. The number of carbonyl (C=O) groups excluding carboxylic acids is 1. The summed E-state index contributed by atoms with van der Waals surface area (Å²) >= 11 is 1.50. The zero-order valence-corrected chi connectivity index (χ0v) is 22.4. The van der Waals surface area contributed by atoms with Crippen molar-refractivity contribution in [2.45, 2.75) is 43.8 Å². The lowest BCUT2D eigenvalue weighted by atomic mass is 9.60. The van der Waals surface area contributed by atoms with E-state index < -0.39 is 22.9 Å². The molecule has 1 aromatic carbocycles. The maximum atomic E-state index is 14.3. The molecule has 1 aliphatic heterocycles. The summed E-state index contributed by atoms with van der Waals surface area (Å²) in [7, 11) is 0. The molecule has 0 spiro atoms. The van der Waals surface area contributed by atoms with Gasteiger partial charge in [-0.1, -0.05) is 0 Å². The second-order valence-electron chi connectivity index (χ2n) is 10.3. The van der Waals surface area contributed by atoms with Crippen LogP contribution in [0.15, 0.2) is 66.1 Å². The lowest BCUT2D eigenvalue weighted by molar-refractivity contribution is -0.137. The maximum Gasteiger partial charge on any atom is 0.416 e. The minimum absolute atomic E-state index is 0.144. The monoisotopic (exact) mass is 570 g/mol. The molecule has 3 aromatic heterocycles. The number of carbonyl (C=O) groups is 1. The summed E-state index contributed by atoms with van der Waals surface area (Å²) < 4.78 is 59.8. The van der Waals surface area contributed by atoms with Crippen LogP contribution < -0.4 is 0 Å². The molecule has 0 radical (unpaired) electrons. The highest BCUT2D eigenvalue weighted by molar-refractivity contribution is 7.97. The van der Waals surface area contributed by atoms with Gasteiger partial charge in [0.25, 0.3) is 0 Å². The molecule has 1 fully saturated rings. The van der Waals surface area contributed by atoms with Gasteiger partial charge in [-0.25, -0.2) is 13.4 Å². The Morgan fingerprint density at radius 1 is 1.15 bits per heavy atom. The largest absolute Gasteiger partial charge is 0.416 e. The molecule has 2 atom stereocenters. The molecule has 1 saturated heterocycles. The predicted octanol–water partition coefficient (Wildman–Crippen LogP) is 5.64. The molecule has 0 bridgehead atoms. The first-order valence-corrected chi connectivity index (χ1v) is 13.8. The highest BCUT2D eigenvalue weighted by Gasteiger charge is 2.53. The Labute approximate surface area is 232 Å². The molecule has 208 valence electrons. The second-order valence-corrected chi connectivity index (χ2v) is 11.4. The van der Waals surface area contributed by atoms with Gasteiger partial charge in [0.15, 0.2) is 5.78 Å². The van der Waals surface area contributed by atoms with Gasteiger partial charge in [-0.3, -0.25) is 14.5 Å². The summed E-state index contributed by atoms with van der Waals surface area (Å²) in [5, 5.41) is 8.89. The topological polar surface area (TPSA) is 68.8 Å². The van der Waals surface area contributed by atoms with Gasteiger partial charge in [0.2, 0.25) is 0 Å². The van der Waals surface area contributed by atoms with Crippen LogP contribution in [0.25, 0.3) is 5.69 Å². The highest BCUT2D eigenvalue weighted by atomic mass is 32.2. The van der Waals surface area contributed by atoms with Gasteiger partial charge >= 0.3 is 6.18 Å². The molecular weight excluding hydrogens is 544 g/mol. The first-order valence-electron chi connectivity index (χ1n) is 13.0. The summed E-state index contributed by atoms with van der Waals surface area (Å²) in [4.78, 5) is 19.3. The minimum atomic E-state index is -4.58. The molecule has 40 heavy (non-hydrogen) atoms. The van der Waals surface area contributed by atoms with Gasteiger partial charge in [-0.2, -0.15) is 23.4 Å². The number of benzene rings is 1. The van der Waals surface area contributed by atoms with Crippen molar-refractivity contribution in [2.75, 3.05) is 13.1 Å². The first kappa shape index (κ1) is 26.7. The summed E-state index contributed by atoms with van der Waals surface area (Å²) in [5.74, 6) is -0.884. The van der Waals surface area contributed by atoms with Crippen LogP contribution >= 0.6 is 11.9 Å². The average Bonchev–Trinajstić information content (AvgIpc) is 3.57. The van der Waals surface area contributed by atoms with Crippen LogP contribution in [0.4, 0.5) is 17.6 Å². The van der Waals surface area contributed by atoms with E-state index in [1.54, 1.807) is 29.2 Å². The number of Topliss-reactive ketones (excluding diaryl/α,β-unsaturated/α-hetero) is 1. The van der Waals surface area contributed by atoms with E-state index in [-0.39, 0.29) is 17.4 Å². The Morgan fingerprint density at radius 3 is 2.67 bits per heavy atom. The number of aromatic nitrogens is 5. The molecule has 0 saturated carbocycles. The summed E-state index contributed by atoms with van der Waals surface area (Å²) in [6, 6.07) is 7.79. The average molecular weight is 571 g/mol. The fourth-order valence-electron chi connectivity index (χ4n) is 5.86. The molecule has 12 heteroatoms. The van der Waals surface area contributed by atoms with Crippen molar-refractivity contribution in [3.8, 4) is 5.69 Å². The third-order valence-electron chi connectivity index (χ3n) is 7.88. The van der Waals surface area contributed by atoms with Crippen molar-refractivity contribution >= 4 is 17.7 Å². The minimum Gasteiger partial charge on any atom is -0.292 e. The van der Waals surface area contributed by atoms with Crippen LogP contribution in [0.1, 0.15) is 40.7 Å². The molecule has 1 aliphatic carbocycles. The number of pyridine rings is 1. The van der Waals surface area contributed by atoms with Crippen LogP contribution in [0.3, 0.4) is 0 Å². The van der Waals surface area contributed by atoms with Crippen molar-refractivity contribution in [3.63, 3.8) is 0 Å². The van der Waals surface area contributed by atoms with Gasteiger partial charge in [-0.15, -0.1) is 0 Å². The summed E-state index contributed by atoms with van der Waals surface area (Å²) in [5.41, 5.74) is 0.427. The van der Waals surface area contributed by atoms with Gasteiger partial charge in [0.1, 0.15) is 11.5 Å². The number of rotatable bonds is 6. The smallest absolute Gasteiger partial charge is 0.292 e. The van der Waals surface area contributed by atoms with Crippen LogP contribution in [-0.2, 0) is 25.6 Å². The molecule has 4 aromatic rings. The first-order chi connectivity index (χ1) is 19.2. The predicted molar refractivity (Wildman–Crippen MR) is 140 cm³/mol. The maximum absolute atomic E-state index is 14.3. The van der Waals surface area contributed by atoms with E-state index in [2.05, 4.69) is 19.5 Å². The SMILES string of the molecule is CCn1cc(SN2CCC3Cc4c(cnn4-c4ccc(F)cc4)C[C@]3(C(=O)c3cc(C(F)(F)F)ccn3)C2)cn1. The zero-order valence-electron chi connectivity index (χ0n) is 21.6. The van der Waals surface area contributed by atoms with Crippen molar-refractivity contribution in [2.24, 2.45) is 11.3 Å². The molecule has 0 N–H and O–H groups in total. The molecule has 0 amide bonds. The van der Waals surface area contributed by atoms with E-state index in [4.69, 9.17) is 0 Å². The number of alkyl halides is 3. The van der Waals surface area contributed by atoms with E-state index in [0.29, 0.717) is 38.0 Å². The van der Waals surface area contributed by atoms with Crippen molar-refractivity contribution in [1.29, 1.82) is 0 Å². The standard InChI is InChI=1S/C28H26F4N6OS/c1-2-36-16-23(15-34-36)40-37-10-8-19-12-25-18(14-35-38(25)22-5-3-21(29)4-6-22)13-27(19,17-37)26(39)24-11-20(7-9-33-24)28(30,31)32/h3-7,9,11,14-16,19H,2,8,10,12-13,17H2,1H3/t19?,27-/m0/s1. The number of fused-ring (bicyclic) bond motifs is 2. The second kappa shape index (κ2) is 10.2. The van der Waals surface area contributed by atoms with Crippen LogP contribution in [0.2, 0.25) is 0 Å². The third-order valence-corrected chi connectivity index (χ3v) is 8.87. The van der Waals surface area contributed by atoms with Crippen LogP contribution in [-0.4, -0.2) is 47.7 Å². The van der Waals surface area contributed by atoms with Crippen LogP contribution in [0, 0.1) is 17.2 Å². The van der Waals surface area contributed by atoms with Crippen molar-refractivity contribution in [3.05, 3.63) is 89.5 Å². The number of hydrogen-bond donors (Lipinski definition) is 0. The van der Waals surface area contributed by atoms with E-state index in [0.717, 1.165) is 41.0 Å².